The van der Waals surface area contributed by atoms with Crippen molar-refractivity contribution >= 4 is 45.6 Å². The first kappa shape index (κ1) is 41.7. The van der Waals surface area contributed by atoms with Crippen LogP contribution in [0.4, 0.5) is 32.8 Å². The Bertz CT molecular complexity index is 1840. The molecule has 0 spiro atoms. The Balaban J connectivity index is 1.54. The van der Waals surface area contributed by atoms with Crippen LogP contribution in [0, 0.1) is 23.6 Å². The molecule has 55 heavy (non-hydrogen) atoms. The molecule has 7 atom stereocenters. The number of rotatable bonds is 7. The van der Waals surface area contributed by atoms with Crippen molar-refractivity contribution in [2.45, 2.75) is 120 Å². The third kappa shape index (κ3) is 8.70. The number of halogens is 4. The SMILES string of the molecule is C[C@@H]1CC/C=C\[C@@H]2C[C@@]2(C(=O)NS(=O)(=O)C2(C)CC2)NC(=O)[C@@H]2C[C@@H](N(C(=O)O)c3ccc(F)cc3)CN2C(=O)[C@@H](NC(=O)OC(C)(C)C(F)(F)F)[C@H](C)C1. The fourth-order valence-corrected chi connectivity index (χ4v) is 8.55. The molecule has 4 N–H and O–H groups in total. The van der Waals surface area contributed by atoms with Crippen LogP contribution in [0.3, 0.4) is 0 Å². The molecule has 1 aromatic rings. The maximum absolute atomic E-state index is 14.6. The first-order chi connectivity index (χ1) is 25.4. The predicted octanol–water partition coefficient (Wildman–Crippen LogP) is 4.60. The highest BCUT2D eigenvalue weighted by molar-refractivity contribution is 7.91. The lowest BCUT2D eigenvalue weighted by Crippen LogP contribution is -2.59. The molecule has 0 aromatic heterocycles. The second-order valence-electron chi connectivity index (χ2n) is 16.0. The lowest BCUT2D eigenvalue weighted by molar-refractivity contribution is -0.244. The van der Waals surface area contributed by atoms with Crippen molar-refractivity contribution in [2.24, 2.45) is 17.8 Å². The van der Waals surface area contributed by atoms with Crippen LogP contribution in [-0.4, -0.2) is 95.1 Å². The summed E-state index contributed by atoms with van der Waals surface area (Å²) in [6.07, 6.45) is -2.87. The van der Waals surface area contributed by atoms with E-state index in [4.69, 9.17) is 4.74 Å². The minimum absolute atomic E-state index is 0.00588. The van der Waals surface area contributed by atoms with E-state index in [1.54, 1.807) is 19.1 Å². The van der Waals surface area contributed by atoms with Gasteiger partial charge in [0.15, 0.2) is 0 Å². The lowest BCUT2D eigenvalue weighted by Gasteiger charge is -2.34. The fourth-order valence-electron chi connectivity index (χ4n) is 7.24. The van der Waals surface area contributed by atoms with Gasteiger partial charge in [0, 0.05) is 18.2 Å². The number of amides is 5. The number of fused-ring (bicyclic) bond motifs is 2. The summed E-state index contributed by atoms with van der Waals surface area (Å²) in [4.78, 5) is 70.3. The largest absolute Gasteiger partial charge is 0.465 e. The van der Waals surface area contributed by atoms with E-state index in [1.807, 2.05) is 6.92 Å². The average Bonchev–Trinajstić information content (AvgIpc) is 3.95. The fraction of sp³-hybridized carbons (Fsp3) is 0.639. The number of carboxylic acid groups (broad SMARTS) is 1. The van der Waals surface area contributed by atoms with Crippen LogP contribution in [0.25, 0.3) is 0 Å². The van der Waals surface area contributed by atoms with Crippen molar-refractivity contribution in [2.75, 3.05) is 11.4 Å². The molecule has 0 radical (unpaired) electrons. The Morgan fingerprint density at radius 2 is 1.71 bits per heavy atom. The highest BCUT2D eigenvalue weighted by atomic mass is 32.2. The number of alkyl carbamates (subject to hydrolysis) is 1. The van der Waals surface area contributed by atoms with E-state index in [1.165, 1.54) is 19.1 Å². The topological polar surface area (TPSA) is 192 Å². The summed E-state index contributed by atoms with van der Waals surface area (Å²) >= 11 is 0. The number of ether oxygens (including phenoxy) is 1. The van der Waals surface area contributed by atoms with E-state index >= 15 is 0 Å². The van der Waals surface area contributed by atoms with Gasteiger partial charge in [-0.25, -0.2) is 22.4 Å². The maximum Gasteiger partial charge on any atom is 0.427 e. The molecule has 0 bridgehead atoms. The highest BCUT2D eigenvalue weighted by Gasteiger charge is 2.63. The number of carbonyl (C=O) groups excluding carboxylic acids is 4. The van der Waals surface area contributed by atoms with Gasteiger partial charge in [-0.3, -0.25) is 24.0 Å². The van der Waals surface area contributed by atoms with Gasteiger partial charge in [-0.2, -0.15) is 13.2 Å². The monoisotopic (exact) mass is 801 g/mol. The average molecular weight is 802 g/mol. The molecule has 2 aliphatic carbocycles. The number of hydrogen-bond donors (Lipinski definition) is 4. The van der Waals surface area contributed by atoms with Crippen LogP contribution in [0.2, 0.25) is 0 Å². The van der Waals surface area contributed by atoms with Crippen molar-refractivity contribution in [3.8, 4) is 0 Å². The lowest BCUT2D eigenvalue weighted by atomic mass is 9.88. The van der Waals surface area contributed by atoms with Crippen molar-refractivity contribution in [1.82, 2.24) is 20.3 Å². The number of nitrogens with zero attached hydrogens (tertiary/aromatic N) is 2. The Kier molecular flexibility index (Phi) is 11.3. The molecule has 1 saturated heterocycles. The van der Waals surface area contributed by atoms with Gasteiger partial charge in [-0.15, -0.1) is 0 Å². The van der Waals surface area contributed by atoms with Gasteiger partial charge in [0.2, 0.25) is 27.4 Å². The minimum Gasteiger partial charge on any atom is -0.465 e. The molecule has 3 fully saturated rings. The van der Waals surface area contributed by atoms with Crippen molar-refractivity contribution in [3.05, 3.63) is 42.2 Å². The quantitative estimate of drug-likeness (QED) is 0.226. The summed E-state index contributed by atoms with van der Waals surface area (Å²) in [7, 11) is -4.13. The maximum atomic E-state index is 14.6. The zero-order chi connectivity index (χ0) is 40.9. The molecular formula is C36H47F4N5O9S. The number of hydrogen-bond acceptors (Lipinski definition) is 8. The zero-order valence-corrected chi connectivity index (χ0v) is 31.9. The summed E-state index contributed by atoms with van der Waals surface area (Å²) < 4.78 is 86.7. The summed E-state index contributed by atoms with van der Waals surface area (Å²) in [5.41, 5.74) is -4.68. The molecule has 4 aliphatic rings. The summed E-state index contributed by atoms with van der Waals surface area (Å²) in [5, 5.41) is 15.2. The van der Waals surface area contributed by atoms with Gasteiger partial charge in [-0.1, -0.05) is 26.0 Å². The Morgan fingerprint density at radius 3 is 2.29 bits per heavy atom. The normalized spacial score (nSPS) is 30.3. The molecule has 5 rings (SSSR count). The molecule has 2 aliphatic heterocycles. The standard InChI is InChI=1S/C36H47F4N5O9S/c1-20-8-6-7-9-22-18-35(22,30(48)43-55(52,53)34(5)14-15-34)42-28(46)26-17-25(45(32(50)51)24-12-10-23(37)11-13-24)19-44(26)29(47)27(21(2)16-20)41-31(49)54-33(3,4)36(38,39)40/h7,9-13,20-22,25-27H,6,8,14-19H2,1-5H3,(H,41,49)(H,42,46)(H,43,48)(H,50,51)/b9-7-/t20-,21-,22-,25-,26+,27+,35-/m1/s1. The third-order valence-corrected chi connectivity index (χ3v) is 13.4. The van der Waals surface area contributed by atoms with E-state index in [0.717, 1.165) is 21.9 Å². The highest BCUT2D eigenvalue weighted by Crippen LogP contribution is 2.48. The van der Waals surface area contributed by atoms with Crippen LogP contribution in [-0.2, 0) is 29.1 Å². The molecule has 304 valence electrons. The number of sulfonamides is 1. The second-order valence-corrected chi connectivity index (χ2v) is 18.2. The molecule has 1 aromatic carbocycles. The minimum atomic E-state index is -4.96. The van der Waals surface area contributed by atoms with Gasteiger partial charge in [0.1, 0.15) is 23.4 Å². The Hall–Kier alpha value is -4.42. The van der Waals surface area contributed by atoms with Crippen molar-refractivity contribution < 1.29 is 59.8 Å². The summed E-state index contributed by atoms with van der Waals surface area (Å²) in [5.74, 6) is -4.98. The number of alkyl halides is 3. The third-order valence-electron chi connectivity index (χ3n) is 11.2. The van der Waals surface area contributed by atoms with Crippen LogP contribution in [0.15, 0.2) is 36.4 Å². The van der Waals surface area contributed by atoms with Gasteiger partial charge in [-0.05, 0) is 102 Å². The van der Waals surface area contributed by atoms with Crippen molar-refractivity contribution in [1.29, 1.82) is 0 Å². The Labute approximate surface area is 316 Å². The van der Waals surface area contributed by atoms with E-state index in [-0.39, 0.29) is 30.9 Å². The summed E-state index contributed by atoms with van der Waals surface area (Å²) in [6.45, 7) is 5.78. The molecule has 0 unspecified atom stereocenters. The molecular weight excluding hydrogens is 754 g/mol. The number of carbonyl (C=O) groups is 5. The number of nitrogens with one attached hydrogen (secondary N) is 3. The number of benzene rings is 1. The molecule has 5 amide bonds. The molecule has 2 saturated carbocycles. The van der Waals surface area contributed by atoms with Crippen molar-refractivity contribution in [3.63, 3.8) is 0 Å². The molecule has 14 nitrogen and oxygen atoms in total. The van der Waals surface area contributed by atoms with E-state index in [9.17, 15) is 55.1 Å². The van der Waals surface area contributed by atoms with Gasteiger partial charge in [0.25, 0.3) is 5.91 Å². The summed E-state index contributed by atoms with van der Waals surface area (Å²) in [6, 6.07) is 0.190. The van der Waals surface area contributed by atoms with E-state index in [2.05, 4.69) is 15.4 Å². The smallest absolute Gasteiger partial charge is 0.427 e. The first-order valence-corrected chi connectivity index (χ1v) is 19.6. The van der Waals surface area contributed by atoms with E-state index < -0.39 is 104 Å². The van der Waals surface area contributed by atoms with Gasteiger partial charge < -0.3 is 25.4 Å². The molecule has 2 heterocycles. The number of allylic oxidation sites excluding steroid dienone is 1. The van der Waals surface area contributed by atoms with Crippen LogP contribution < -0.4 is 20.3 Å². The predicted molar refractivity (Wildman–Crippen MR) is 189 cm³/mol. The first-order valence-electron chi connectivity index (χ1n) is 18.1. The zero-order valence-electron chi connectivity index (χ0n) is 31.1. The number of anilines is 1. The second kappa shape index (κ2) is 14.9. The van der Waals surface area contributed by atoms with Gasteiger partial charge in [0.05, 0.1) is 10.8 Å². The molecule has 19 heteroatoms. The van der Waals surface area contributed by atoms with Crippen LogP contribution in [0.5, 0.6) is 0 Å². The van der Waals surface area contributed by atoms with E-state index in [0.29, 0.717) is 39.5 Å². The van der Waals surface area contributed by atoms with Crippen LogP contribution in [0.1, 0.15) is 79.6 Å². The Morgan fingerprint density at radius 1 is 1.07 bits per heavy atom. The van der Waals surface area contributed by atoms with Gasteiger partial charge >= 0.3 is 18.4 Å². The van der Waals surface area contributed by atoms with Crippen LogP contribution >= 0.6 is 0 Å².